The maximum Gasteiger partial charge on any atom is 0.232 e. The van der Waals surface area contributed by atoms with Crippen molar-refractivity contribution in [2.75, 3.05) is 6.54 Å². The van der Waals surface area contributed by atoms with Gasteiger partial charge in [-0.15, -0.1) is 0 Å². The summed E-state index contributed by atoms with van der Waals surface area (Å²) in [6.45, 7) is 7.92. The number of carbonyl (C=O) groups is 2. The van der Waals surface area contributed by atoms with Gasteiger partial charge in [0, 0.05) is 24.4 Å². The summed E-state index contributed by atoms with van der Waals surface area (Å²) in [6, 6.07) is -0.129. The van der Waals surface area contributed by atoms with Gasteiger partial charge in [-0.3, -0.25) is 14.5 Å². The van der Waals surface area contributed by atoms with Crippen LogP contribution in [0.4, 0.5) is 0 Å². The Labute approximate surface area is 90.8 Å². The molecule has 1 fully saturated rings. The zero-order chi connectivity index (χ0) is 11.7. The molecule has 86 valence electrons. The molecule has 4 heteroatoms. The summed E-state index contributed by atoms with van der Waals surface area (Å²) in [5, 5.41) is 0. The van der Waals surface area contributed by atoms with Gasteiger partial charge in [-0.2, -0.15) is 0 Å². The highest BCUT2D eigenvalue weighted by Gasteiger charge is 2.42. The van der Waals surface area contributed by atoms with E-state index in [1.165, 1.54) is 4.90 Å². The number of hydrogen-bond acceptors (Lipinski definition) is 3. The van der Waals surface area contributed by atoms with Gasteiger partial charge < -0.3 is 5.73 Å². The van der Waals surface area contributed by atoms with Crippen molar-refractivity contribution in [3.8, 4) is 0 Å². The fourth-order valence-electron chi connectivity index (χ4n) is 1.63. The first-order valence-corrected chi connectivity index (χ1v) is 5.47. The van der Waals surface area contributed by atoms with Crippen molar-refractivity contribution in [3.63, 3.8) is 0 Å². The fraction of sp³-hybridized carbons (Fsp3) is 0.818. The molecular formula is C11H20N2O2. The molecule has 1 aliphatic rings. The Kier molecular flexibility index (Phi) is 3.50. The molecule has 1 aliphatic heterocycles. The van der Waals surface area contributed by atoms with E-state index in [9.17, 15) is 9.59 Å². The Morgan fingerprint density at radius 2 is 1.60 bits per heavy atom. The molecule has 3 atom stereocenters. The summed E-state index contributed by atoms with van der Waals surface area (Å²) in [5.41, 5.74) is 5.87. The molecule has 15 heavy (non-hydrogen) atoms. The number of hydrogen-bond donors (Lipinski definition) is 1. The van der Waals surface area contributed by atoms with E-state index in [0.717, 1.165) is 0 Å². The Balaban J connectivity index is 2.71. The van der Waals surface area contributed by atoms with Crippen LogP contribution in [0.1, 0.15) is 27.7 Å². The molecule has 2 N–H and O–H groups in total. The van der Waals surface area contributed by atoms with Crippen molar-refractivity contribution < 1.29 is 9.59 Å². The maximum absolute atomic E-state index is 11.7. The van der Waals surface area contributed by atoms with Crippen LogP contribution in [-0.2, 0) is 9.59 Å². The second kappa shape index (κ2) is 4.31. The second-order valence-corrected chi connectivity index (χ2v) is 4.77. The largest absolute Gasteiger partial charge is 0.326 e. The van der Waals surface area contributed by atoms with Crippen LogP contribution in [0.15, 0.2) is 0 Å². The molecule has 0 aromatic rings. The van der Waals surface area contributed by atoms with E-state index in [0.29, 0.717) is 6.54 Å². The first-order chi connectivity index (χ1) is 6.86. The fourth-order valence-corrected chi connectivity index (χ4v) is 1.63. The molecule has 1 heterocycles. The van der Waals surface area contributed by atoms with Gasteiger partial charge in [0.1, 0.15) is 0 Å². The van der Waals surface area contributed by atoms with E-state index in [1.54, 1.807) is 13.8 Å². The SMILES string of the molecule is CC(C)C(N)CN1C(=O)C(C)C(C)C1=O. The lowest BCUT2D eigenvalue weighted by atomic mass is 10.00. The highest BCUT2D eigenvalue weighted by molar-refractivity contribution is 6.04. The highest BCUT2D eigenvalue weighted by Crippen LogP contribution is 2.25. The molecule has 0 radical (unpaired) electrons. The topological polar surface area (TPSA) is 63.4 Å². The minimum absolute atomic E-state index is 0.0800. The predicted octanol–water partition coefficient (Wildman–Crippen LogP) is 0.611. The van der Waals surface area contributed by atoms with Gasteiger partial charge in [-0.05, 0) is 5.92 Å². The summed E-state index contributed by atoms with van der Waals surface area (Å²) < 4.78 is 0. The molecule has 2 amide bonds. The van der Waals surface area contributed by atoms with E-state index < -0.39 is 0 Å². The first kappa shape index (κ1) is 12.2. The molecule has 0 aromatic carbocycles. The summed E-state index contributed by atoms with van der Waals surface area (Å²) in [7, 11) is 0. The average molecular weight is 212 g/mol. The van der Waals surface area contributed by atoms with E-state index in [2.05, 4.69) is 0 Å². The van der Waals surface area contributed by atoms with Crippen LogP contribution in [0, 0.1) is 17.8 Å². The summed E-state index contributed by atoms with van der Waals surface area (Å²) in [6.07, 6.45) is 0. The van der Waals surface area contributed by atoms with Gasteiger partial charge in [0.2, 0.25) is 11.8 Å². The molecule has 0 aliphatic carbocycles. The average Bonchev–Trinajstić information content (AvgIpc) is 2.35. The van der Waals surface area contributed by atoms with Gasteiger partial charge >= 0.3 is 0 Å². The lowest BCUT2D eigenvalue weighted by Crippen LogP contribution is -2.43. The maximum atomic E-state index is 11.7. The summed E-state index contributed by atoms with van der Waals surface area (Å²) >= 11 is 0. The second-order valence-electron chi connectivity index (χ2n) is 4.77. The summed E-state index contributed by atoms with van der Waals surface area (Å²) in [4.78, 5) is 24.8. The molecule has 0 bridgehead atoms. The van der Waals surface area contributed by atoms with Crippen LogP contribution >= 0.6 is 0 Å². The minimum atomic E-state index is -0.197. The van der Waals surface area contributed by atoms with Gasteiger partial charge in [0.25, 0.3) is 0 Å². The van der Waals surface area contributed by atoms with E-state index in [-0.39, 0.29) is 35.6 Å². The molecule has 4 nitrogen and oxygen atoms in total. The number of imide groups is 1. The third-order valence-corrected chi connectivity index (χ3v) is 3.31. The van der Waals surface area contributed by atoms with Crippen molar-refractivity contribution >= 4 is 11.8 Å². The third-order valence-electron chi connectivity index (χ3n) is 3.31. The lowest BCUT2D eigenvalue weighted by molar-refractivity contribution is -0.140. The highest BCUT2D eigenvalue weighted by atomic mass is 16.2. The Morgan fingerprint density at radius 3 is 1.93 bits per heavy atom. The first-order valence-electron chi connectivity index (χ1n) is 5.47. The normalized spacial score (nSPS) is 29.1. The van der Waals surface area contributed by atoms with E-state index in [1.807, 2.05) is 13.8 Å². The van der Waals surface area contributed by atoms with Crippen molar-refractivity contribution in [1.82, 2.24) is 4.90 Å². The van der Waals surface area contributed by atoms with Gasteiger partial charge in [-0.1, -0.05) is 27.7 Å². The zero-order valence-electron chi connectivity index (χ0n) is 9.86. The Bertz CT molecular complexity index is 256. The molecular weight excluding hydrogens is 192 g/mol. The van der Waals surface area contributed by atoms with Crippen molar-refractivity contribution in [1.29, 1.82) is 0 Å². The molecule has 0 saturated carbocycles. The quantitative estimate of drug-likeness (QED) is 0.697. The van der Waals surface area contributed by atoms with Crippen LogP contribution in [0.5, 0.6) is 0 Å². The van der Waals surface area contributed by atoms with Crippen molar-refractivity contribution in [2.45, 2.75) is 33.7 Å². The lowest BCUT2D eigenvalue weighted by Gasteiger charge is -2.22. The number of nitrogens with two attached hydrogens (primary N) is 1. The smallest absolute Gasteiger partial charge is 0.232 e. The number of carbonyl (C=O) groups excluding carboxylic acids is 2. The van der Waals surface area contributed by atoms with E-state index >= 15 is 0 Å². The van der Waals surface area contributed by atoms with Gasteiger partial charge in [0.15, 0.2) is 0 Å². The predicted molar refractivity (Wildman–Crippen MR) is 57.9 cm³/mol. The minimum Gasteiger partial charge on any atom is -0.326 e. The number of amides is 2. The van der Waals surface area contributed by atoms with Gasteiger partial charge in [-0.25, -0.2) is 0 Å². The molecule has 3 unspecified atom stereocenters. The number of rotatable bonds is 3. The molecule has 0 spiro atoms. The molecule has 0 aromatic heterocycles. The van der Waals surface area contributed by atoms with Gasteiger partial charge in [0.05, 0.1) is 0 Å². The number of nitrogens with zero attached hydrogens (tertiary/aromatic N) is 1. The van der Waals surface area contributed by atoms with Crippen molar-refractivity contribution in [2.24, 2.45) is 23.5 Å². The van der Waals surface area contributed by atoms with Crippen LogP contribution < -0.4 is 5.73 Å². The summed E-state index contributed by atoms with van der Waals surface area (Å²) in [5.74, 6) is -0.280. The van der Waals surface area contributed by atoms with Crippen LogP contribution in [0.3, 0.4) is 0 Å². The zero-order valence-corrected chi connectivity index (χ0v) is 9.86. The molecule has 1 rings (SSSR count). The monoisotopic (exact) mass is 212 g/mol. The standard InChI is InChI=1S/C11H20N2O2/c1-6(2)9(12)5-13-10(14)7(3)8(4)11(13)15/h6-9H,5,12H2,1-4H3. The third kappa shape index (κ3) is 2.20. The Morgan fingerprint density at radius 1 is 1.20 bits per heavy atom. The number of likely N-dealkylation sites (tertiary alicyclic amines) is 1. The molecule has 1 saturated heterocycles. The van der Waals surface area contributed by atoms with Crippen LogP contribution in [0.2, 0.25) is 0 Å². The van der Waals surface area contributed by atoms with Crippen LogP contribution in [-0.4, -0.2) is 29.3 Å². The van der Waals surface area contributed by atoms with Crippen molar-refractivity contribution in [3.05, 3.63) is 0 Å². The van der Waals surface area contributed by atoms with Crippen LogP contribution in [0.25, 0.3) is 0 Å². The Hall–Kier alpha value is -0.900. The van der Waals surface area contributed by atoms with E-state index in [4.69, 9.17) is 5.73 Å².